The van der Waals surface area contributed by atoms with Crippen molar-refractivity contribution in [3.8, 4) is 0 Å². The minimum atomic E-state index is -3.54. The van der Waals surface area contributed by atoms with Gasteiger partial charge in [0.25, 0.3) is 0 Å². The van der Waals surface area contributed by atoms with Crippen molar-refractivity contribution in [2.45, 2.75) is 31.5 Å². The Morgan fingerprint density at radius 3 is 2.44 bits per heavy atom. The summed E-state index contributed by atoms with van der Waals surface area (Å²) in [6, 6.07) is 3.34. The second-order valence-corrected chi connectivity index (χ2v) is 7.89. The summed E-state index contributed by atoms with van der Waals surface area (Å²) in [6.07, 6.45) is 0. The lowest BCUT2D eigenvalue weighted by Gasteiger charge is -2.18. The Morgan fingerprint density at radius 1 is 1.38 bits per heavy atom. The molecule has 0 aromatic carbocycles. The van der Waals surface area contributed by atoms with E-state index in [1.807, 2.05) is 0 Å². The molecule has 0 saturated heterocycles. The van der Waals surface area contributed by atoms with E-state index in [1.165, 1.54) is 11.3 Å². The van der Waals surface area contributed by atoms with Gasteiger partial charge in [0, 0.05) is 18.0 Å². The molecule has 0 fully saturated rings. The number of hydrogen-bond donors (Lipinski definition) is 2. The average molecular weight is 262 g/mol. The van der Waals surface area contributed by atoms with Crippen LogP contribution in [0.3, 0.4) is 0 Å². The first-order valence-electron chi connectivity index (χ1n) is 5.01. The molecule has 1 rings (SSSR count). The van der Waals surface area contributed by atoms with Gasteiger partial charge in [0.05, 0.1) is 0 Å². The van der Waals surface area contributed by atoms with Gasteiger partial charge in [-0.15, -0.1) is 11.3 Å². The number of thiophene rings is 1. The molecule has 4 nitrogen and oxygen atoms in total. The van der Waals surface area contributed by atoms with E-state index in [9.17, 15) is 8.42 Å². The van der Waals surface area contributed by atoms with Crippen molar-refractivity contribution >= 4 is 21.4 Å². The van der Waals surface area contributed by atoms with Crippen LogP contribution in [0.5, 0.6) is 0 Å². The van der Waals surface area contributed by atoms with Gasteiger partial charge in [-0.05, 0) is 17.5 Å². The first kappa shape index (κ1) is 13.6. The molecule has 1 heterocycles. The zero-order chi connectivity index (χ0) is 12.4. The molecule has 0 aliphatic heterocycles. The number of rotatable bonds is 4. The lowest BCUT2D eigenvalue weighted by Crippen LogP contribution is -2.26. The van der Waals surface area contributed by atoms with Crippen LogP contribution in [-0.4, -0.2) is 15.0 Å². The summed E-state index contributed by atoms with van der Waals surface area (Å²) in [7, 11) is -3.54. The largest absolute Gasteiger partial charge is 0.311 e. The summed E-state index contributed by atoms with van der Waals surface area (Å²) >= 11 is 1.21. The minimum Gasteiger partial charge on any atom is -0.311 e. The van der Waals surface area contributed by atoms with E-state index in [1.54, 1.807) is 12.1 Å². The monoisotopic (exact) mass is 262 g/mol. The van der Waals surface area contributed by atoms with Gasteiger partial charge < -0.3 is 5.32 Å². The fourth-order valence-corrected chi connectivity index (χ4v) is 2.92. The molecule has 0 radical (unpaired) electrons. The maximum Gasteiger partial charge on any atom is 0.247 e. The fraction of sp³-hybridized carbons (Fsp3) is 0.600. The van der Waals surface area contributed by atoms with E-state index in [-0.39, 0.29) is 9.62 Å². The number of hydrogen-bond acceptors (Lipinski definition) is 4. The highest BCUT2D eigenvalue weighted by Gasteiger charge is 2.12. The summed E-state index contributed by atoms with van der Waals surface area (Å²) in [5, 5.41) is 8.31. The van der Waals surface area contributed by atoms with Crippen LogP contribution in [0.2, 0.25) is 0 Å². The second-order valence-electron chi connectivity index (χ2n) is 4.93. The highest BCUT2D eigenvalue weighted by atomic mass is 32.2. The lowest BCUT2D eigenvalue weighted by molar-refractivity contribution is 0.380. The Hall–Kier alpha value is -0.430. The molecule has 0 aliphatic carbocycles. The van der Waals surface area contributed by atoms with Gasteiger partial charge in [0.15, 0.2) is 0 Å². The third kappa shape index (κ3) is 4.61. The van der Waals surface area contributed by atoms with Crippen LogP contribution in [0, 0.1) is 5.41 Å². The van der Waals surface area contributed by atoms with Crippen molar-refractivity contribution in [2.75, 3.05) is 6.54 Å². The molecule has 6 heteroatoms. The Labute approximate surface area is 101 Å². The van der Waals surface area contributed by atoms with Gasteiger partial charge in [-0.1, -0.05) is 20.8 Å². The topological polar surface area (TPSA) is 72.2 Å². The maximum atomic E-state index is 11.0. The van der Waals surface area contributed by atoms with E-state index in [2.05, 4.69) is 26.1 Å². The number of primary sulfonamides is 1. The predicted octanol–water partition coefficient (Wildman–Crippen LogP) is 1.53. The molecule has 0 amide bonds. The third-order valence-corrected chi connectivity index (χ3v) is 4.40. The van der Waals surface area contributed by atoms with Crippen LogP contribution in [-0.2, 0) is 16.6 Å². The molecule has 0 bridgehead atoms. The zero-order valence-corrected chi connectivity index (χ0v) is 11.4. The van der Waals surface area contributed by atoms with Crippen LogP contribution in [0.15, 0.2) is 16.3 Å². The minimum absolute atomic E-state index is 0.222. The third-order valence-electron chi connectivity index (χ3n) is 1.87. The Kier molecular flexibility index (Phi) is 4.12. The summed E-state index contributed by atoms with van der Waals surface area (Å²) < 4.78 is 22.3. The van der Waals surface area contributed by atoms with Crippen molar-refractivity contribution in [2.24, 2.45) is 10.6 Å². The van der Waals surface area contributed by atoms with Crippen LogP contribution in [0.25, 0.3) is 0 Å². The Morgan fingerprint density at radius 2 is 2.00 bits per heavy atom. The summed E-state index contributed by atoms with van der Waals surface area (Å²) in [5.41, 5.74) is 0.222. The molecule has 1 aromatic heterocycles. The Bertz CT molecular complexity index is 444. The van der Waals surface area contributed by atoms with E-state index < -0.39 is 10.0 Å². The lowest BCUT2D eigenvalue weighted by atomic mass is 9.97. The van der Waals surface area contributed by atoms with Crippen LogP contribution >= 0.6 is 11.3 Å². The summed E-state index contributed by atoms with van der Waals surface area (Å²) in [6.45, 7) is 7.99. The number of nitrogens with one attached hydrogen (secondary N) is 1. The molecule has 0 aliphatic rings. The highest BCUT2D eigenvalue weighted by Crippen LogP contribution is 2.20. The summed E-state index contributed by atoms with van der Waals surface area (Å²) in [5.74, 6) is 0. The molecule has 92 valence electrons. The van der Waals surface area contributed by atoms with Crippen molar-refractivity contribution in [1.82, 2.24) is 5.32 Å². The Balaban J connectivity index is 2.54. The molecule has 0 spiro atoms. The van der Waals surface area contributed by atoms with Crippen LogP contribution in [0.4, 0.5) is 0 Å². The maximum absolute atomic E-state index is 11.0. The molecule has 0 atom stereocenters. The molecule has 0 saturated carbocycles. The quantitative estimate of drug-likeness (QED) is 0.864. The van der Waals surface area contributed by atoms with Gasteiger partial charge in [-0.25, -0.2) is 13.6 Å². The molecular weight excluding hydrogens is 244 g/mol. The molecule has 1 aromatic rings. The molecule has 3 N–H and O–H groups in total. The van der Waals surface area contributed by atoms with Crippen molar-refractivity contribution in [1.29, 1.82) is 0 Å². The standard InChI is InChI=1S/C10H18N2O2S2/c1-10(2,3)7-12-6-8-4-5-9(15-8)16(11,13)14/h4-5,12H,6-7H2,1-3H3,(H2,11,13,14). The van der Waals surface area contributed by atoms with Gasteiger partial charge in [0.2, 0.25) is 10.0 Å². The number of nitrogens with two attached hydrogens (primary N) is 1. The SMILES string of the molecule is CC(C)(C)CNCc1ccc(S(N)(=O)=O)s1. The molecular formula is C10H18N2O2S2. The highest BCUT2D eigenvalue weighted by molar-refractivity contribution is 7.91. The van der Waals surface area contributed by atoms with Crippen LogP contribution in [0.1, 0.15) is 25.6 Å². The zero-order valence-electron chi connectivity index (χ0n) is 9.78. The van der Waals surface area contributed by atoms with Gasteiger partial charge in [0.1, 0.15) is 4.21 Å². The summed E-state index contributed by atoms with van der Waals surface area (Å²) in [4.78, 5) is 0.980. The van der Waals surface area contributed by atoms with E-state index >= 15 is 0 Å². The van der Waals surface area contributed by atoms with E-state index in [0.717, 1.165) is 11.4 Å². The van der Waals surface area contributed by atoms with Crippen molar-refractivity contribution < 1.29 is 8.42 Å². The van der Waals surface area contributed by atoms with Crippen molar-refractivity contribution in [3.63, 3.8) is 0 Å². The average Bonchev–Trinajstić information content (AvgIpc) is 2.49. The van der Waals surface area contributed by atoms with Crippen LogP contribution < -0.4 is 10.5 Å². The van der Waals surface area contributed by atoms with E-state index in [0.29, 0.717) is 6.54 Å². The van der Waals surface area contributed by atoms with Gasteiger partial charge >= 0.3 is 0 Å². The number of sulfonamides is 1. The van der Waals surface area contributed by atoms with E-state index in [4.69, 9.17) is 5.14 Å². The second kappa shape index (κ2) is 4.83. The van der Waals surface area contributed by atoms with Gasteiger partial charge in [-0.3, -0.25) is 0 Å². The van der Waals surface area contributed by atoms with Crippen molar-refractivity contribution in [3.05, 3.63) is 17.0 Å². The van der Waals surface area contributed by atoms with Gasteiger partial charge in [-0.2, -0.15) is 0 Å². The predicted molar refractivity (Wildman–Crippen MR) is 66.9 cm³/mol. The molecule has 16 heavy (non-hydrogen) atoms. The normalized spacial score (nSPS) is 13.0. The fourth-order valence-electron chi connectivity index (χ4n) is 1.17. The smallest absolute Gasteiger partial charge is 0.247 e. The first-order valence-corrected chi connectivity index (χ1v) is 7.37. The first-order chi connectivity index (χ1) is 7.18. The molecule has 0 unspecified atom stereocenters.